The Morgan fingerprint density at radius 2 is 2.12 bits per heavy atom. The van der Waals surface area contributed by atoms with E-state index in [-0.39, 0.29) is 16.7 Å². The first-order valence-electron chi connectivity index (χ1n) is 4.86. The molecule has 0 saturated carbocycles. The van der Waals surface area contributed by atoms with Gasteiger partial charge in [-0.05, 0) is 41.1 Å². The topological polar surface area (TPSA) is 66.4 Å². The summed E-state index contributed by atoms with van der Waals surface area (Å²) in [5, 5.41) is 11.2. The second-order valence-corrected chi connectivity index (χ2v) is 5.59. The third-order valence-corrected chi connectivity index (χ3v) is 3.88. The molecule has 2 N–H and O–H groups in total. The van der Waals surface area contributed by atoms with Gasteiger partial charge in [0.25, 0.3) is 0 Å². The Hall–Kier alpha value is -1.01. The highest BCUT2D eigenvalue weighted by atomic mass is 79.9. The Labute approximate surface area is 112 Å². The highest BCUT2D eigenvalue weighted by Crippen LogP contribution is 2.27. The monoisotopic (exact) mass is 317 g/mol. The van der Waals surface area contributed by atoms with Gasteiger partial charge >= 0.3 is 5.97 Å². The first-order valence-corrected chi connectivity index (χ1v) is 6.54. The number of benzene rings is 1. The van der Waals surface area contributed by atoms with Gasteiger partial charge in [0.05, 0.1) is 10.8 Å². The van der Waals surface area contributed by atoms with Gasteiger partial charge in [-0.2, -0.15) is 0 Å². The molecule has 0 aliphatic heterocycles. The minimum atomic E-state index is -0.994. The molecule has 6 heteroatoms. The van der Waals surface area contributed by atoms with Gasteiger partial charge < -0.3 is 10.4 Å². The fraction of sp³-hybridized carbons (Fsp3) is 0.273. The quantitative estimate of drug-likeness (QED) is 0.837. The number of amides is 1. The van der Waals surface area contributed by atoms with Crippen LogP contribution in [0.25, 0.3) is 0 Å². The SMILES string of the molecule is CNC(=O)C(C)Sc1ccc(Br)c(C(=O)O)c1. The Bertz CT molecular complexity index is 450. The van der Waals surface area contributed by atoms with E-state index < -0.39 is 5.97 Å². The van der Waals surface area contributed by atoms with Crippen LogP contribution < -0.4 is 5.32 Å². The number of halogens is 1. The van der Waals surface area contributed by atoms with Crippen LogP contribution in [0.1, 0.15) is 17.3 Å². The molecule has 0 spiro atoms. The molecule has 0 bridgehead atoms. The van der Waals surface area contributed by atoms with E-state index in [4.69, 9.17) is 5.11 Å². The van der Waals surface area contributed by atoms with E-state index in [9.17, 15) is 9.59 Å². The van der Waals surface area contributed by atoms with E-state index >= 15 is 0 Å². The summed E-state index contributed by atoms with van der Waals surface area (Å²) >= 11 is 4.49. The number of nitrogens with one attached hydrogen (secondary N) is 1. The van der Waals surface area contributed by atoms with Gasteiger partial charge in [-0.3, -0.25) is 4.79 Å². The van der Waals surface area contributed by atoms with Gasteiger partial charge in [-0.1, -0.05) is 0 Å². The van der Waals surface area contributed by atoms with E-state index in [1.54, 1.807) is 32.2 Å². The lowest BCUT2D eigenvalue weighted by Gasteiger charge is -2.10. The van der Waals surface area contributed by atoms with Crippen LogP contribution in [0.4, 0.5) is 0 Å². The molecule has 1 unspecified atom stereocenters. The molecule has 1 aromatic rings. The molecular weight excluding hydrogens is 306 g/mol. The molecule has 1 aromatic carbocycles. The molecule has 92 valence electrons. The predicted octanol–water partition coefficient (Wildman–Crippen LogP) is 2.37. The van der Waals surface area contributed by atoms with Gasteiger partial charge in [0, 0.05) is 16.4 Å². The molecule has 0 heterocycles. The van der Waals surface area contributed by atoms with Crippen LogP contribution in [0.2, 0.25) is 0 Å². The minimum Gasteiger partial charge on any atom is -0.478 e. The smallest absolute Gasteiger partial charge is 0.336 e. The van der Waals surface area contributed by atoms with Crippen LogP contribution in [0.3, 0.4) is 0 Å². The number of carbonyl (C=O) groups is 2. The number of thioether (sulfide) groups is 1. The molecule has 0 fully saturated rings. The van der Waals surface area contributed by atoms with Crippen molar-refractivity contribution < 1.29 is 14.7 Å². The van der Waals surface area contributed by atoms with Gasteiger partial charge in [-0.15, -0.1) is 11.8 Å². The van der Waals surface area contributed by atoms with E-state index in [1.807, 2.05) is 0 Å². The number of carbonyl (C=O) groups excluding carboxylic acids is 1. The van der Waals surface area contributed by atoms with Gasteiger partial charge in [0.15, 0.2) is 0 Å². The average molecular weight is 318 g/mol. The predicted molar refractivity (Wildman–Crippen MR) is 70.5 cm³/mol. The maximum Gasteiger partial charge on any atom is 0.336 e. The number of hydrogen-bond donors (Lipinski definition) is 2. The zero-order valence-electron chi connectivity index (χ0n) is 9.36. The molecule has 1 atom stereocenters. The molecule has 4 nitrogen and oxygen atoms in total. The molecule has 0 radical (unpaired) electrons. The summed E-state index contributed by atoms with van der Waals surface area (Å²) in [4.78, 5) is 23.0. The van der Waals surface area contributed by atoms with Crippen molar-refractivity contribution in [2.75, 3.05) is 7.05 Å². The Morgan fingerprint density at radius 1 is 1.47 bits per heavy atom. The number of aromatic carboxylic acids is 1. The zero-order chi connectivity index (χ0) is 13.0. The number of hydrogen-bond acceptors (Lipinski definition) is 3. The summed E-state index contributed by atoms with van der Waals surface area (Å²) < 4.78 is 0.530. The van der Waals surface area contributed by atoms with Crippen molar-refractivity contribution >= 4 is 39.6 Å². The fourth-order valence-corrected chi connectivity index (χ4v) is 2.58. The standard InChI is InChI=1S/C11H12BrNO3S/c1-6(10(14)13-2)17-7-3-4-9(12)8(5-7)11(15)16/h3-6H,1-2H3,(H,13,14)(H,15,16). The second-order valence-electron chi connectivity index (χ2n) is 3.32. The van der Waals surface area contributed by atoms with Crippen molar-refractivity contribution in [1.82, 2.24) is 5.32 Å². The lowest BCUT2D eigenvalue weighted by Crippen LogP contribution is -2.27. The highest BCUT2D eigenvalue weighted by Gasteiger charge is 2.15. The molecule has 0 saturated heterocycles. The van der Waals surface area contributed by atoms with E-state index in [2.05, 4.69) is 21.2 Å². The highest BCUT2D eigenvalue weighted by molar-refractivity contribution is 9.10. The molecule has 17 heavy (non-hydrogen) atoms. The van der Waals surface area contributed by atoms with Crippen LogP contribution in [0, 0.1) is 0 Å². The summed E-state index contributed by atoms with van der Waals surface area (Å²) in [5.41, 5.74) is 0.194. The lowest BCUT2D eigenvalue weighted by atomic mass is 10.2. The second kappa shape index (κ2) is 6.07. The van der Waals surface area contributed by atoms with Crippen molar-refractivity contribution in [2.45, 2.75) is 17.1 Å². The Kier molecular flexibility index (Phi) is 5.02. The zero-order valence-corrected chi connectivity index (χ0v) is 11.8. The Morgan fingerprint density at radius 3 is 2.65 bits per heavy atom. The van der Waals surface area contributed by atoms with Gasteiger partial charge in [0.2, 0.25) is 5.91 Å². The molecule has 0 aromatic heterocycles. The van der Waals surface area contributed by atoms with Crippen LogP contribution in [0.5, 0.6) is 0 Å². The molecular formula is C11H12BrNO3S. The number of carboxylic acid groups (broad SMARTS) is 1. The van der Waals surface area contributed by atoms with E-state index in [0.29, 0.717) is 4.47 Å². The third-order valence-electron chi connectivity index (χ3n) is 2.10. The summed E-state index contributed by atoms with van der Waals surface area (Å²) in [6.45, 7) is 1.77. The number of carboxylic acids is 1. The van der Waals surface area contributed by atoms with Crippen molar-refractivity contribution in [3.05, 3.63) is 28.2 Å². The maximum atomic E-state index is 11.3. The van der Waals surface area contributed by atoms with E-state index in [0.717, 1.165) is 4.90 Å². The van der Waals surface area contributed by atoms with Crippen LogP contribution in [0.15, 0.2) is 27.6 Å². The first kappa shape index (κ1) is 14.1. The summed E-state index contributed by atoms with van der Waals surface area (Å²) in [7, 11) is 1.57. The largest absolute Gasteiger partial charge is 0.478 e. The van der Waals surface area contributed by atoms with E-state index in [1.165, 1.54) is 11.8 Å². The van der Waals surface area contributed by atoms with Crippen LogP contribution in [-0.2, 0) is 4.79 Å². The van der Waals surface area contributed by atoms with Gasteiger partial charge in [-0.25, -0.2) is 4.79 Å². The van der Waals surface area contributed by atoms with Crippen molar-refractivity contribution in [3.63, 3.8) is 0 Å². The molecule has 0 aliphatic carbocycles. The third kappa shape index (κ3) is 3.74. The molecule has 1 amide bonds. The Balaban J connectivity index is 2.90. The van der Waals surface area contributed by atoms with Crippen LogP contribution in [-0.4, -0.2) is 29.3 Å². The maximum absolute atomic E-state index is 11.3. The summed E-state index contributed by atoms with van der Waals surface area (Å²) in [6, 6.07) is 5.00. The van der Waals surface area contributed by atoms with Gasteiger partial charge in [0.1, 0.15) is 0 Å². The molecule has 0 aliphatic rings. The minimum absolute atomic E-state index is 0.0882. The van der Waals surface area contributed by atoms with Crippen molar-refractivity contribution in [3.8, 4) is 0 Å². The van der Waals surface area contributed by atoms with Crippen LogP contribution >= 0.6 is 27.7 Å². The van der Waals surface area contributed by atoms with Crippen molar-refractivity contribution in [1.29, 1.82) is 0 Å². The number of rotatable bonds is 4. The average Bonchev–Trinajstić information content (AvgIpc) is 2.30. The normalized spacial score (nSPS) is 11.9. The first-order chi connectivity index (χ1) is 7.95. The fourth-order valence-electron chi connectivity index (χ4n) is 1.20. The summed E-state index contributed by atoms with van der Waals surface area (Å²) in [5.74, 6) is -1.08. The summed E-state index contributed by atoms with van der Waals surface area (Å²) in [6.07, 6.45) is 0. The lowest BCUT2D eigenvalue weighted by molar-refractivity contribution is -0.119. The molecule has 1 rings (SSSR count). The van der Waals surface area contributed by atoms with Crippen molar-refractivity contribution in [2.24, 2.45) is 0 Å².